The predicted octanol–water partition coefficient (Wildman–Crippen LogP) is 2.65. The van der Waals surface area contributed by atoms with Gasteiger partial charge in [-0.15, -0.1) is 0 Å². The first kappa shape index (κ1) is 13.4. The Hall–Kier alpha value is -1.07. The zero-order valence-electron chi connectivity index (χ0n) is 9.87. The number of hydrogen-bond acceptors (Lipinski definition) is 2. The van der Waals surface area contributed by atoms with E-state index in [0.717, 1.165) is 37.8 Å². The summed E-state index contributed by atoms with van der Waals surface area (Å²) in [6.45, 7) is 0. The van der Waals surface area contributed by atoms with Crippen molar-refractivity contribution in [3.8, 4) is 0 Å². The third kappa shape index (κ3) is 2.52. The summed E-state index contributed by atoms with van der Waals surface area (Å²) in [6.07, 6.45) is 2.93. The number of benzene rings is 1. The quantitative estimate of drug-likeness (QED) is 0.820. The van der Waals surface area contributed by atoms with Crippen LogP contribution < -0.4 is 5.73 Å². The van der Waals surface area contributed by atoms with Crippen LogP contribution in [0.4, 0.5) is 13.2 Å². The van der Waals surface area contributed by atoms with Crippen molar-refractivity contribution >= 4 is 0 Å². The second-order valence-electron chi connectivity index (χ2n) is 4.86. The molecule has 1 saturated carbocycles. The molecule has 0 heterocycles. The molecule has 5 heteroatoms. The third-order valence-electron chi connectivity index (χ3n) is 3.64. The summed E-state index contributed by atoms with van der Waals surface area (Å²) in [5.41, 5.74) is 5.89. The molecule has 3 N–H and O–H groups in total. The first-order valence-corrected chi connectivity index (χ1v) is 6.09. The van der Waals surface area contributed by atoms with E-state index in [1.54, 1.807) is 0 Å². The lowest BCUT2D eigenvalue weighted by molar-refractivity contribution is 0.0842. The number of rotatable bonds is 3. The van der Waals surface area contributed by atoms with Crippen LogP contribution in [0.25, 0.3) is 0 Å². The number of nitrogens with two attached hydrogens (primary N) is 1. The lowest BCUT2D eigenvalue weighted by atomic mass is 9.91. The summed E-state index contributed by atoms with van der Waals surface area (Å²) in [5.74, 6) is -4.02. The average Bonchev–Trinajstić information content (AvgIpc) is 2.87. The summed E-state index contributed by atoms with van der Waals surface area (Å²) >= 11 is 0. The molecule has 1 aliphatic rings. The number of halogens is 3. The minimum Gasteiger partial charge on any atom is -0.391 e. The Bertz CT molecular complexity index is 409. The van der Waals surface area contributed by atoms with Gasteiger partial charge in [0.15, 0.2) is 17.5 Å². The van der Waals surface area contributed by atoms with Crippen LogP contribution in [-0.2, 0) is 0 Å². The highest BCUT2D eigenvalue weighted by atomic mass is 19.2. The fourth-order valence-electron chi connectivity index (χ4n) is 2.56. The lowest BCUT2D eigenvalue weighted by Crippen LogP contribution is -2.32. The number of aliphatic hydroxyl groups excluding tert-OH is 1. The molecule has 0 aliphatic heterocycles. The van der Waals surface area contributed by atoms with Crippen molar-refractivity contribution < 1.29 is 18.3 Å². The Morgan fingerprint density at radius 3 is 2.11 bits per heavy atom. The van der Waals surface area contributed by atoms with Gasteiger partial charge in [-0.05, 0) is 36.5 Å². The Kier molecular flexibility index (Phi) is 3.92. The van der Waals surface area contributed by atoms with Crippen molar-refractivity contribution in [3.63, 3.8) is 0 Å². The summed E-state index contributed by atoms with van der Waals surface area (Å²) in [4.78, 5) is 0. The van der Waals surface area contributed by atoms with Crippen LogP contribution in [0.15, 0.2) is 12.1 Å². The first-order valence-electron chi connectivity index (χ1n) is 6.09. The van der Waals surface area contributed by atoms with Gasteiger partial charge in [0.25, 0.3) is 0 Å². The standard InChI is InChI=1S/C13H16F3NO/c14-9-5-8(6-10(15)11(9)16)12(17)13(18)7-3-1-2-4-7/h5-7,12-13,18H,1-4,17H2/t12-,13+/m1/s1. The summed E-state index contributed by atoms with van der Waals surface area (Å²) in [5, 5.41) is 10.1. The zero-order chi connectivity index (χ0) is 13.3. The Balaban J connectivity index is 2.19. The fraction of sp³-hybridized carbons (Fsp3) is 0.538. The maximum atomic E-state index is 13.1. The van der Waals surface area contributed by atoms with E-state index in [0.29, 0.717) is 0 Å². The minimum atomic E-state index is -1.51. The molecule has 0 spiro atoms. The van der Waals surface area contributed by atoms with Crippen LogP contribution in [0.5, 0.6) is 0 Å². The van der Waals surface area contributed by atoms with Crippen LogP contribution >= 0.6 is 0 Å². The second-order valence-corrected chi connectivity index (χ2v) is 4.86. The molecule has 1 aromatic carbocycles. The van der Waals surface area contributed by atoms with Crippen molar-refractivity contribution in [1.82, 2.24) is 0 Å². The van der Waals surface area contributed by atoms with Gasteiger partial charge in [-0.2, -0.15) is 0 Å². The molecule has 18 heavy (non-hydrogen) atoms. The van der Waals surface area contributed by atoms with Gasteiger partial charge < -0.3 is 10.8 Å². The van der Waals surface area contributed by atoms with Gasteiger partial charge in [-0.1, -0.05) is 12.8 Å². The van der Waals surface area contributed by atoms with Gasteiger partial charge in [0.05, 0.1) is 12.1 Å². The summed E-state index contributed by atoms with van der Waals surface area (Å²) in [6, 6.07) is 0.806. The molecule has 2 atom stereocenters. The number of hydrogen-bond donors (Lipinski definition) is 2. The largest absolute Gasteiger partial charge is 0.391 e. The minimum absolute atomic E-state index is 0.0520. The van der Waals surface area contributed by atoms with Gasteiger partial charge in [-0.25, -0.2) is 13.2 Å². The normalized spacial score (nSPS) is 20.1. The highest BCUT2D eigenvalue weighted by Gasteiger charge is 2.29. The molecule has 2 rings (SSSR count). The molecule has 0 aromatic heterocycles. The van der Waals surface area contributed by atoms with Crippen molar-refractivity contribution in [3.05, 3.63) is 35.1 Å². The summed E-state index contributed by atoms with van der Waals surface area (Å²) in [7, 11) is 0. The molecule has 1 aromatic rings. The highest BCUT2D eigenvalue weighted by molar-refractivity contribution is 5.23. The molecule has 0 bridgehead atoms. The van der Waals surface area contributed by atoms with Crippen molar-refractivity contribution in [1.29, 1.82) is 0 Å². The first-order chi connectivity index (χ1) is 8.50. The SMILES string of the molecule is N[C@H](c1cc(F)c(F)c(F)c1)[C@@H](O)C1CCCC1. The van der Waals surface area contributed by atoms with E-state index in [4.69, 9.17) is 5.73 Å². The monoisotopic (exact) mass is 259 g/mol. The van der Waals surface area contributed by atoms with Gasteiger partial charge >= 0.3 is 0 Å². The van der Waals surface area contributed by atoms with Crippen LogP contribution in [0.3, 0.4) is 0 Å². The van der Waals surface area contributed by atoms with E-state index in [-0.39, 0.29) is 11.5 Å². The van der Waals surface area contributed by atoms with E-state index in [2.05, 4.69) is 0 Å². The van der Waals surface area contributed by atoms with Crippen LogP contribution in [0.2, 0.25) is 0 Å². The van der Waals surface area contributed by atoms with Crippen LogP contribution in [0, 0.1) is 23.4 Å². The molecule has 0 unspecified atom stereocenters. The van der Waals surface area contributed by atoms with Gasteiger partial charge in [0.2, 0.25) is 0 Å². The molecular weight excluding hydrogens is 243 g/mol. The Morgan fingerprint density at radius 2 is 1.61 bits per heavy atom. The van der Waals surface area contributed by atoms with Crippen molar-refractivity contribution in [2.45, 2.75) is 37.8 Å². The topological polar surface area (TPSA) is 46.2 Å². The van der Waals surface area contributed by atoms with Crippen molar-refractivity contribution in [2.24, 2.45) is 11.7 Å². The van der Waals surface area contributed by atoms with E-state index in [9.17, 15) is 18.3 Å². The van der Waals surface area contributed by atoms with E-state index < -0.39 is 29.6 Å². The van der Waals surface area contributed by atoms with Crippen LogP contribution in [0.1, 0.15) is 37.3 Å². The Morgan fingerprint density at radius 1 is 1.11 bits per heavy atom. The maximum Gasteiger partial charge on any atom is 0.194 e. The fourth-order valence-corrected chi connectivity index (χ4v) is 2.56. The lowest BCUT2D eigenvalue weighted by Gasteiger charge is -2.24. The van der Waals surface area contributed by atoms with E-state index in [1.165, 1.54) is 0 Å². The Labute approximate surface area is 104 Å². The second kappa shape index (κ2) is 5.28. The molecular formula is C13H16F3NO. The highest BCUT2D eigenvalue weighted by Crippen LogP contribution is 2.33. The molecule has 2 nitrogen and oxygen atoms in total. The van der Waals surface area contributed by atoms with Crippen molar-refractivity contribution in [2.75, 3.05) is 0 Å². The van der Waals surface area contributed by atoms with E-state index in [1.807, 2.05) is 0 Å². The maximum absolute atomic E-state index is 13.1. The summed E-state index contributed by atoms with van der Waals surface area (Å²) < 4.78 is 39.0. The predicted molar refractivity (Wildman–Crippen MR) is 61.2 cm³/mol. The van der Waals surface area contributed by atoms with Gasteiger partial charge in [0.1, 0.15) is 0 Å². The smallest absolute Gasteiger partial charge is 0.194 e. The average molecular weight is 259 g/mol. The molecule has 0 saturated heterocycles. The zero-order valence-corrected chi connectivity index (χ0v) is 9.87. The van der Waals surface area contributed by atoms with Crippen LogP contribution in [-0.4, -0.2) is 11.2 Å². The molecule has 0 amide bonds. The van der Waals surface area contributed by atoms with Gasteiger partial charge in [-0.3, -0.25) is 0 Å². The molecule has 1 fully saturated rings. The third-order valence-corrected chi connectivity index (χ3v) is 3.64. The molecule has 0 radical (unpaired) electrons. The number of aliphatic hydroxyl groups is 1. The molecule has 100 valence electrons. The van der Waals surface area contributed by atoms with E-state index >= 15 is 0 Å². The molecule has 1 aliphatic carbocycles. The van der Waals surface area contributed by atoms with Gasteiger partial charge in [0, 0.05) is 0 Å².